The van der Waals surface area contributed by atoms with Crippen molar-refractivity contribution in [1.29, 1.82) is 0 Å². The van der Waals surface area contributed by atoms with Crippen molar-refractivity contribution in [3.8, 4) is 11.5 Å². The number of nitrogens with two attached hydrogens (primary N) is 1. The molecule has 0 unspecified atom stereocenters. The maximum atomic E-state index is 12.5. The van der Waals surface area contributed by atoms with Crippen LogP contribution in [0, 0.1) is 0 Å². The van der Waals surface area contributed by atoms with Crippen molar-refractivity contribution in [2.45, 2.75) is 13.0 Å². The molecule has 0 aromatic heterocycles. The normalized spacial score (nSPS) is 11.1. The van der Waals surface area contributed by atoms with Crippen LogP contribution in [0.5, 0.6) is 11.5 Å². The fourth-order valence-electron chi connectivity index (χ4n) is 0.962. The van der Waals surface area contributed by atoms with E-state index in [0.717, 1.165) is 0 Å². The summed E-state index contributed by atoms with van der Waals surface area (Å²) in [6.07, 6.45) is -3.23. The maximum Gasteiger partial charge on any atom is 0.395 e. The zero-order valence-corrected chi connectivity index (χ0v) is 7.88. The molecule has 0 aliphatic heterocycles. The molecule has 0 saturated carbocycles. The van der Waals surface area contributed by atoms with Crippen LogP contribution in [0.1, 0.15) is 6.92 Å². The largest absolute Gasteiger partial charge is 0.493 e. The Morgan fingerprint density at radius 1 is 1.29 bits per heavy atom. The van der Waals surface area contributed by atoms with Gasteiger partial charge in [0.2, 0.25) is 0 Å². The number of halogens is 2. The molecule has 0 fully saturated rings. The van der Waals surface area contributed by atoms with E-state index in [1.54, 1.807) is 0 Å². The molecule has 1 aromatic rings. The zero-order chi connectivity index (χ0) is 10.8. The second-order valence-electron chi connectivity index (χ2n) is 2.82. The van der Waals surface area contributed by atoms with Crippen molar-refractivity contribution in [1.82, 2.24) is 0 Å². The molecular formula is C9H11F2NO2. The average Bonchev–Trinajstić information content (AvgIpc) is 2.06. The number of alkyl halides is 2. The number of methoxy groups -OCH3 is 1. The van der Waals surface area contributed by atoms with E-state index in [0.29, 0.717) is 12.6 Å². The molecule has 0 amide bonds. The van der Waals surface area contributed by atoms with Gasteiger partial charge in [0.15, 0.2) is 11.5 Å². The summed E-state index contributed by atoms with van der Waals surface area (Å²) in [6, 6.07) is 4.22. The van der Waals surface area contributed by atoms with Crippen LogP contribution >= 0.6 is 0 Å². The lowest BCUT2D eigenvalue weighted by Crippen LogP contribution is -2.19. The summed E-state index contributed by atoms with van der Waals surface area (Å²) in [6.45, 7) is 0.656. The van der Waals surface area contributed by atoms with Crippen molar-refractivity contribution in [2.24, 2.45) is 0 Å². The summed E-state index contributed by atoms with van der Waals surface area (Å²) in [7, 11) is 1.36. The molecule has 0 bridgehead atoms. The Labute approximate surface area is 80.4 Å². The van der Waals surface area contributed by atoms with Gasteiger partial charge in [-0.25, -0.2) is 0 Å². The highest BCUT2D eigenvalue weighted by Crippen LogP contribution is 2.32. The fourth-order valence-corrected chi connectivity index (χ4v) is 0.962. The molecule has 14 heavy (non-hydrogen) atoms. The van der Waals surface area contributed by atoms with Crippen molar-refractivity contribution >= 4 is 5.69 Å². The van der Waals surface area contributed by atoms with Crippen molar-refractivity contribution in [3.05, 3.63) is 18.2 Å². The fraction of sp³-hybridized carbons (Fsp3) is 0.333. The molecule has 78 valence electrons. The molecule has 2 N–H and O–H groups in total. The molecule has 0 aliphatic carbocycles. The lowest BCUT2D eigenvalue weighted by Gasteiger charge is -2.15. The average molecular weight is 203 g/mol. The highest BCUT2D eigenvalue weighted by molar-refractivity contribution is 5.51. The molecule has 0 heterocycles. The number of benzene rings is 1. The standard InChI is InChI=1S/C9H11F2NO2/c1-9(10,11)14-7-4-3-6(12)5-8(7)13-2/h3-5H,12H2,1-2H3. The van der Waals surface area contributed by atoms with Gasteiger partial charge in [0.05, 0.1) is 7.11 Å². The van der Waals surface area contributed by atoms with Gasteiger partial charge in [-0.3, -0.25) is 0 Å². The van der Waals surface area contributed by atoms with E-state index >= 15 is 0 Å². The van der Waals surface area contributed by atoms with Gasteiger partial charge in [-0.15, -0.1) is 0 Å². The topological polar surface area (TPSA) is 44.5 Å². The van der Waals surface area contributed by atoms with Gasteiger partial charge in [0, 0.05) is 18.7 Å². The zero-order valence-electron chi connectivity index (χ0n) is 7.88. The lowest BCUT2D eigenvalue weighted by atomic mass is 10.3. The molecule has 0 radical (unpaired) electrons. The number of hydrogen-bond donors (Lipinski definition) is 1. The molecule has 0 atom stereocenters. The number of hydrogen-bond acceptors (Lipinski definition) is 3. The summed E-state index contributed by atoms with van der Waals surface area (Å²) in [4.78, 5) is 0. The third-order valence-electron chi connectivity index (χ3n) is 1.48. The van der Waals surface area contributed by atoms with Crippen LogP contribution in [0.4, 0.5) is 14.5 Å². The first kappa shape index (κ1) is 10.6. The summed E-state index contributed by atoms with van der Waals surface area (Å²) in [5.41, 5.74) is 5.87. The second kappa shape index (κ2) is 3.69. The van der Waals surface area contributed by atoms with Crippen LogP contribution in [0.25, 0.3) is 0 Å². The Bertz CT molecular complexity index is 323. The minimum atomic E-state index is -3.23. The Morgan fingerprint density at radius 3 is 2.43 bits per heavy atom. The van der Waals surface area contributed by atoms with Gasteiger partial charge >= 0.3 is 6.11 Å². The van der Waals surface area contributed by atoms with Gasteiger partial charge in [0.1, 0.15) is 0 Å². The highest BCUT2D eigenvalue weighted by Gasteiger charge is 2.24. The molecule has 1 aromatic carbocycles. The first-order valence-electron chi connectivity index (χ1n) is 3.93. The van der Waals surface area contributed by atoms with Crippen LogP contribution < -0.4 is 15.2 Å². The summed E-state index contributed by atoms with van der Waals surface area (Å²) < 4.78 is 34.2. The number of ether oxygens (including phenoxy) is 2. The molecule has 1 rings (SSSR count). The van der Waals surface area contributed by atoms with Gasteiger partial charge in [-0.1, -0.05) is 0 Å². The molecule has 0 saturated heterocycles. The summed E-state index contributed by atoms with van der Waals surface area (Å²) in [5.74, 6) is 0.153. The van der Waals surface area contributed by atoms with Gasteiger partial charge < -0.3 is 15.2 Å². The minimum Gasteiger partial charge on any atom is -0.493 e. The SMILES string of the molecule is COc1cc(N)ccc1OC(C)(F)F. The van der Waals surface area contributed by atoms with Crippen LogP contribution in [0.2, 0.25) is 0 Å². The number of anilines is 1. The third kappa shape index (κ3) is 2.76. The molecular weight excluding hydrogens is 192 g/mol. The Kier molecular flexibility index (Phi) is 2.78. The van der Waals surface area contributed by atoms with Crippen molar-refractivity contribution in [2.75, 3.05) is 12.8 Å². The Balaban J connectivity index is 2.97. The van der Waals surface area contributed by atoms with E-state index < -0.39 is 6.11 Å². The van der Waals surface area contributed by atoms with Crippen LogP contribution in [0.3, 0.4) is 0 Å². The predicted octanol–water partition coefficient (Wildman–Crippen LogP) is 2.27. The van der Waals surface area contributed by atoms with Crippen LogP contribution in [-0.4, -0.2) is 13.2 Å². The molecule has 5 heteroatoms. The lowest BCUT2D eigenvalue weighted by molar-refractivity contribution is -0.159. The van der Waals surface area contributed by atoms with Gasteiger partial charge in [-0.2, -0.15) is 8.78 Å². The second-order valence-corrected chi connectivity index (χ2v) is 2.82. The van der Waals surface area contributed by atoms with E-state index in [1.165, 1.54) is 25.3 Å². The van der Waals surface area contributed by atoms with E-state index in [-0.39, 0.29) is 11.5 Å². The van der Waals surface area contributed by atoms with Crippen molar-refractivity contribution < 1.29 is 18.3 Å². The van der Waals surface area contributed by atoms with Gasteiger partial charge in [0.25, 0.3) is 0 Å². The minimum absolute atomic E-state index is 0.0331. The van der Waals surface area contributed by atoms with Crippen molar-refractivity contribution in [3.63, 3.8) is 0 Å². The highest BCUT2D eigenvalue weighted by atomic mass is 19.3. The van der Waals surface area contributed by atoms with Crippen LogP contribution in [0.15, 0.2) is 18.2 Å². The molecule has 0 spiro atoms. The maximum absolute atomic E-state index is 12.5. The summed E-state index contributed by atoms with van der Waals surface area (Å²) in [5, 5.41) is 0. The van der Waals surface area contributed by atoms with E-state index in [1.807, 2.05) is 0 Å². The van der Waals surface area contributed by atoms with E-state index in [4.69, 9.17) is 10.5 Å². The Hall–Kier alpha value is -1.52. The first-order valence-corrected chi connectivity index (χ1v) is 3.93. The predicted molar refractivity (Wildman–Crippen MR) is 48.7 cm³/mol. The molecule has 0 aliphatic rings. The van der Waals surface area contributed by atoms with Gasteiger partial charge in [-0.05, 0) is 12.1 Å². The number of rotatable bonds is 3. The quantitative estimate of drug-likeness (QED) is 0.766. The smallest absolute Gasteiger partial charge is 0.395 e. The third-order valence-corrected chi connectivity index (χ3v) is 1.48. The van der Waals surface area contributed by atoms with E-state index in [9.17, 15) is 8.78 Å². The number of nitrogen functional groups attached to an aromatic ring is 1. The first-order chi connectivity index (χ1) is 6.42. The monoisotopic (exact) mass is 203 g/mol. The van der Waals surface area contributed by atoms with E-state index in [2.05, 4.69) is 4.74 Å². The van der Waals surface area contributed by atoms with Crippen LogP contribution in [-0.2, 0) is 0 Å². The molecule has 3 nitrogen and oxygen atoms in total. The summed E-state index contributed by atoms with van der Waals surface area (Å²) >= 11 is 0. The Morgan fingerprint density at radius 2 is 1.93 bits per heavy atom.